The molecule has 0 N–H and O–H groups in total. The van der Waals surface area contributed by atoms with E-state index in [4.69, 9.17) is 4.52 Å². The Bertz CT molecular complexity index is 205. The normalized spacial score (nSPS) is 17.1. The van der Waals surface area contributed by atoms with Crippen LogP contribution in [0.25, 0.3) is 0 Å². The molecule has 0 spiro atoms. The van der Waals surface area contributed by atoms with Gasteiger partial charge in [-0.2, -0.15) is 0 Å². The molecule has 0 aromatic heterocycles. The number of carbonyl (C=O) groups excluding carboxylic acids is 1. The third-order valence-corrected chi connectivity index (χ3v) is 3.88. The molecule has 14 heavy (non-hydrogen) atoms. The van der Waals surface area contributed by atoms with E-state index in [1.807, 2.05) is 6.92 Å². The van der Waals surface area contributed by atoms with Crippen molar-refractivity contribution in [1.82, 2.24) is 0 Å². The van der Waals surface area contributed by atoms with Crippen LogP contribution in [0.4, 0.5) is 0 Å². The largest absolute Gasteiger partial charge is 0.469 e. The molecule has 0 saturated heterocycles. The monoisotopic (exact) mass is 222 g/mol. The van der Waals surface area contributed by atoms with E-state index in [-0.39, 0.29) is 17.5 Å². The van der Waals surface area contributed by atoms with Crippen molar-refractivity contribution in [2.45, 2.75) is 32.9 Å². The number of hydrogen-bond donors (Lipinski definition) is 0. The van der Waals surface area contributed by atoms with E-state index in [1.54, 1.807) is 13.8 Å². The Balaban J connectivity index is 4.10. The van der Waals surface area contributed by atoms with Crippen LogP contribution in [-0.4, -0.2) is 25.3 Å². The Labute approximate surface area is 85.8 Å². The average molecular weight is 222 g/mol. The van der Waals surface area contributed by atoms with Crippen molar-refractivity contribution in [3.63, 3.8) is 0 Å². The van der Waals surface area contributed by atoms with Crippen LogP contribution in [0.3, 0.4) is 0 Å². The number of carbonyl (C=O) groups is 1. The summed E-state index contributed by atoms with van der Waals surface area (Å²) in [4.78, 5) is 11.1. The molecule has 0 aromatic rings. The minimum atomic E-state index is -2.13. The molecule has 0 bridgehead atoms. The van der Waals surface area contributed by atoms with E-state index >= 15 is 0 Å². The molecule has 84 valence electrons. The smallest absolute Gasteiger partial charge is 0.309 e. The fourth-order valence-electron chi connectivity index (χ4n) is 0.928. The van der Waals surface area contributed by atoms with Crippen molar-refractivity contribution in [1.29, 1.82) is 0 Å². The van der Waals surface area contributed by atoms with Gasteiger partial charge in [0.1, 0.15) is 0 Å². The van der Waals surface area contributed by atoms with E-state index in [2.05, 4.69) is 4.74 Å². The lowest BCUT2D eigenvalue weighted by atomic mass is 10.1. The van der Waals surface area contributed by atoms with Gasteiger partial charge in [-0.3, -0.25) is 9.36 Å². The van der Waals surface area contributed by atoms with E-state index < -0.39 is 8.03 Å². The third-order valence-electron chi connectivity index (χ3n) is 2.14. The van der Waals surface area contributed by atoms with Gasteiger partial charge in [0.15, 0.2) is 8.03 Å². The minimum Gasteiger partial charge on any atom is -0.469 e. The maximum atomic E-state index is 11.5. The van der Waals surface area contributed by atoms with Gasteiger partial charge >= 0.3 is 5.97 Å². The van der Waals surface area contributed by atoms with E-state index in [0.717, 1.165) is 6.42 Å². The molecule has 0 aliphatic rings. The first-order chi connectivity index (χ1) is 6.54. The topological polar surface area (TPSA) is 52.6 Å². The summed E-state index contributed by atoms with van der Waals surface area (Å²) in [6, 6.07) is 0. The molecule has 3 unspecified atom stereocenters. The highest BCUT2D eigenvalue weighted by Crippen LogP contribution is 2.34. The fraction of sp³-hybridized carbons (Fsp3) is 0.889. The second-order valence-corrected chi connectivity index (χ2v) is 5.11. The number of hydrogen-bond acceptors (Lipinski definition) is 4. The molecular formula is C9H19O4P. The molecule has 0 aliphatic heterocycles. The molecule has 0 aliphatic carbocycles. The summed E-state index contributed by atoms with van der Waals surface area (Å²) in [5, 5.41) is 0. The second kappa shape index (κ2) is 7.02. The molecular weight excluding hydrogens is 203 g/mol. The molecule has 5 heteroatoms. The molecule has 0 amide bonds. The van der Waals surface area contributed by atoms with Crippen molar-refractivity contribution >= 4 is 14.0 Å². The zero-order chi connectivity index (χ0) is 11.1. The van der Waals surface area contributed by atoms with Crippen LogP contribution >= 0.6 is 8.03 Å². The van der Waals surface area contributed by atoms with Gasteiger partial charge in [-0.05, 0) is 6.42 Å². The van der Waals surface area contributed by atoms with E-state index in [9.17, 15) is 9.36 Å². The molecule has 0 saturated carbocycles. The fourth-order valence-corrected chi connectivity index (χ4v) is 2.14. The summed E-state index contributed by atoms with van der Waals surface area (Å²) in [5.41, 5.74) is -0.265. The van der Waals surface area contributed by atoms with Crippen molar-refractivity contribution in [2.75, 3.05) is 13.7 Å². The van der Waals surface area contributed by atoms with Gasteiger partial charge in [-0.1, -0.05) is 20.8 Å². The van der Waals surface area contributed by atoms with Gasteiger partial charge in [-0.25, -0.2) is 0 Å². The first-order valence-corrected chi connectivity index (χ1v) is 6.18. The predicted molar refractivity (Wildman–Crippen MR) is 55.9 cm³/mol. The highest BCUT2D eigenvalue weighted by Gasteiger charge is 2.25. The number of ether oxygens (including phenoxy) is 1. The standard InChI is InChI=1S/C9H19O4P/c1-5-6-13-14(11)8(3)7(2)9(10)12-4/h7-8,14H,5-6H2,1-4H3. The highest BCUT2D eigenvalue weighted by molar-refractivity contribution is 7.40. The van der Waals surface area contributed by atoms with E-state index in [0.29, 0.717) is 6.61 Å². The third kappa shape index (κ3) is 4.25. The first kappa shape index (κ1) is 13.7. The number of rotatable bonds is 6. The van der Waals surface area contributed by atoms with Crippen molar-refractivity contribution in [2.24, 2.45) is 5.92 Å². The van der Waals surface area contributed by atoms with Gasteiger partial charge in [0.05, 0.1) is 19.6 Å². The number of esters is 1. The summed E-state index contributed by atoms with van der Waals surface area (Å²) in [7, 11) is -0.805. The summed E-state index contributed by atoms with van der Waals surface area (Å²) < 4.78 is 21.2. The van der Waals surface area contributed by atoms with Gasteiger partial charge in [-0.15, -0.1) is 0 Å². The van der Waals surface area contributed by atoms with Crippen molar-refractivity contribution in [3.05, 3.63) is 0 Å². The summed E-state index contributed by atoms with van der Waals surface area (Å²) in [5.74, 6) is -0.709. The van der Waals surface area contributed by atoms with Gasteiger partial charge in [0, 0.05) is 5.66 Å². The molecule has 0 aromatic carbocycles. The Hall–Kier alpha value is -0.340. The molecule has 4 nitrogen and oxygen atoms in total. The van der Waals surface area contributed by atoms with Gasteiger partial charge in [0.25, 0.3) is 0 Å². The lowest BCUT2D eigenvalue weighted by Crippen LogP contribution is -2.22. The van der Waals surface area contributed by atoms with Crippen LogP contribution in [0.1, 0.15) is 27.2 Å². The van der Waals surface area contributed by atoms with Crippen LogP contribution in [-0.2, 0) is 18.6 Å². The predicted octanol–water partition coefficient (Wildman–Crippen LogP) is 2.09. The first-order valence-electron chi connectivity index (χ1n) is 4.79. The van der Waals surface area contributed by atoms with Gasteiger partial charge in [0.2, 0.25) is 0 Å². The molecule has 0 radical (unpaired) electrons. The molecule has 3 atom stereocenters. The molecule has 0 fully saturated rings. The van der Waals surface area contributed by atoms with Crippen LogP contribution < -0.4 is 0 Å². The maximum absolute atomic E-state index is 11.5. The molecule has 0 heterocycles. The SMILES string of the molecule is CCCO[PH](=O)C(C)C(C)C(=O)OC. The van der Waals surface area contributed by atoms with E-state index in [1.165, 1.54) is 7.11 Å². The minimum absolute atomic E-state index is 0.265. The lowest BCUT2D eigenvalue weighted by Gasteiger charge is -2.16. The highest BCUT2D eigenvalue weighted by atomic mass is 31.1. The van der Waals surface area contributed by atoms with Crippen LogP contribution in [0.15, 0.2) is 0 Å². The van der Waals surface area contributed by atoms with Gasteiger partial charge < -0.3 is 9.26 Å². The molecule has 0 rings (SSSR count). The lowest BCUT2D eigenvalue weighted by molar-refractivity contribution is -0.144. The zero-order valence-electron chi connectivity index (χ0n) is 9.20. The average Bonchev–Trinajstić information content (AvgIpc) is 2.22. The Morgan fingerprint density at radius 1 is 1.43 bits per heavy atom. The van der Waals surface area contributed by atoms with Crippen molar-refractivity contribution in [3.8, 4) is 0 Å². The Morgan fingerprint density at radius 2 is 2.00 bits per heavy atom. The zero-order valence-corrected chi connectivity index (χ0v) is 10.2. The summed E-state index contributed by atoms with van der Waals surface area (Å²) in [6.45, 7) is 5.88. The number of methoxy groups -OCH3 is 1. The maximum Gasteiger partial charge on any atom is 0.309 e. The Morgan fingerprint density at radius 3 is 2.43 bits per heavy atom. The quantitative estimate of drug-likeness (QED) is 0.510. The van der Waals surface area contributed by atoms with Crippen molar-refractivity contribution < 1.29 is 18.6 Å². The summed E-state index contributed by atoms with van der Waals surface area (Å²) >= 11 is 0. The second-order valence-electron chi connectivity index (χ2n) is 3.27. The van der Waals surface area contributed by atoms with Crippen LogP contribution in [0.2, 0.25) is 0 Å². The van der Waals surface area contributed by atoms with Crippen LogP contribution in [0.5, 0.6) is 0 Å². The summed E-state index contributed by atoms with van der Waals surface area (Å²) in [6.07, 6.45) is 0.829. The van der Waals surface area contributed by atoms with Crippen LogP contribution in [0, 0.1) is 5.92 Å². The Kier molecular flexibility index (Phi) is 6.85.